The quantitative estimate of drug-likeness (QED) is 0.845. The first-order chi connectivity index (χ1) is 8.91. The first-order valence-electron chi connectivity index (χ1n) is 8.42. The minimum Gasteiger partial charge on any atom is -0.326 e. The van der Waals surface area contributed by atoms with Crippen LogP contribution < -0.4 is 5.73 Å². The molecule has 1 aliphatic heterocycles. The van der Waals surface area contributed by atoms with Crippen molar-refractivity contribution < 1.29 is 0 Å². The van der Waals surface area contributed by atoms with E-state index in [1.807, 2.05) is 0 Å². The maximum absolute atomic E-state index is 6.74. The predicted octanol–water partition coefficient (Wildman–Crippen LogP) is 3.65. The fourth-order valence-electron chi connectivity index (χ4n) is 4.56. The predicted molar refractivity (Wildman–Crippen MR) is 83.1 cm³/mol. The second-order valence-corrected chi connectivity index (χ2v) is 7.90. The van der Waals surface area contributed by atoms with Crippen LogP contribution in [0.3, 0.4) is 0 Å². The van der Waals surface area contributed by atoms with Crippen LogP contribution in [0.1, 0.15) is 66.2 Å². The molecule has 1 saturated heterocycles. The van der Waals surface area contributed by atoms with E-state index in [0.717, 1.165) is 17.8 Å². The van der Waals surface area contributed by atoms with Gasteiger partial charge in [-0.3, -0.25) is 4.90 Å². The minimum absolute atomic E-state index is 0.169. The Bertz CT molecular complexity index is 271. The molecule has 1 aliphatic carbocycles. The summed E-state index contributed by atoms with van der Waals surface area (Å²) in [6.07, 6.45) is 8.18. The Morgan fingerprint density at radius 1 is 0.947 bits per heavy atom. The molecule has 2 aliphatic rings. The lowest BCUT2D eigenvalue weighted by molar-refractivity contribution is 0.0365. The van der Waals surface area contributed by atoms with Gasteiger partial charge >= 0.3 is 0 Å². The molecule has 2 N–H and O–H groups in total. The third-order valence-electron chi connectivity index (χ3n) is 5.71. The van der Waals surface area contributed by atoms with E-state index in [1.54, 1.807) is 0 Å². The van der Waals surface area contributed by atoms with Crippen molar-refractivity contribution in [3.63, 3.8) is 0 Å². The molecular formula is C17H34N2. The summed E-state index contributed by atoms with van der Waals surface area (Å²) in [5.74, 6) is 2.43. The van der Waals surface area contributed by atoms with Crippen LogP contribution in [0.4, 0.5) is 0 Å². The molecule has 0 aromatic carbocycles. The first-order valence-corrected chi connectivity index (χ1v) is 8.42. The molecule has 0 radical (unpaired) electrons. The summed E-state index contributed by atoms with van der Waals surface area (Å²) in [6, 6.07) is 0.329. The molecule has 1 heterocycles. The fraction of sp³-hybridized carbons (Fsp3) is 1.00. The summed E-state index contributed by atoms with van der Waals surface area (Å²) in [4.78, 5) is 2.66. The van der Waals surface area contributed by atoms with Gasteiger partial charge in [-0.25, -0.2) is 0 Å². The minimum atomic E-state index is 0.169. The van der Waals surface area contributed by atoms with E-state index in [4.69, 9.17) is 5.73 Å². The molecule has 2 nitrogen and oxygen atoms in total. The monoisotopic (exact) mass is 266 g/mol. The third kappa shape index (κ3) is 3.52. The van der Waals surface area contributed by atoms with Crippen LogP contribution in [0.2, 0.25) is 0 Å². The van der Waals surface area contributed by atoms with Gasteiger partial charge in [-0.15, -0.1) is 0 Å². The van der Waals surface area contributed by atoms with Crippen molar-refractivity contribution in [2.75, 3.05) is 13.1 Å². The Labute approximate surface area is 120 Å². The van der Waals surface area contributed by atoms with Crippen molar-refractivity contribution in [2.24, 2.45) is 23.5 Å². The highest BCUT2D eigenvalue weighted by atomic mass is 15.2. The van der Waals surface area contributed by atoms with Gasteiger partial charge in [-0.2, -0.15) is 0 Å². The lowest BCUT2D eigenvalue weighted by Crippen LogP contribution is -2.60. The number of piperidine rings is 1. The van der Waals surface area contributed by atoms with Gasteiger partial charge in [0.1, 0.15) is 0 Å². The summed E-state index contributed by atoms with van der Waals surface area (Å²) in [6.45, 7) is 12.1. The molecule has 0 aromatic rings. The normalized spacial score (nSPS) is 36.2. The van der Waals surface area contributed by atoms with Crippen molar-refractivity contribution >= 4 is 0 Å². The van der Waals surface area contributed by atoms with Crippen LogP contribution in [-0.2, 0) is 0 Å². The maximum atomic E-state index is 6.74. The van der Waals surface area contributed by atoms with Gasteiger partial charge in [0.2, 0.25) is 0 Å². The Morgan fingerprint density at radius 2 is 1.47 bits per heavy atom. The SMILES string of the molecule is CC1CC(C)CC(C(N)C(C)(C)N2CCCCC2)C1. The summed E-state index contributed by atoms with van der Waals surface area (Å²) in [7, 11) is 0. The van der Waals surface area contributed by atoms with E-state index in [9.17, 15) is 0 Å². The van der Waals surface area contributed by atoms with E-state index >= 15 is 0 Å². The number of hydrogen-bond donors (Lipinski definition) is 1. The number of hydrogen-bond acceptors (Lipinski definition) is 2. The molecule has 2 heteroatoms. The van der Waals surface area contributed by atoms with Gasteiger partial charge in [0, 0.05) is 11.6 Å². The van der Waals surface area contributed by atoms with Crippen molar-refractivity contribution in [1.29, 1.82) is 0 Å². The molecule has 0 amide bonds. The maximum Gasteiger partial charge on any atom is 0.0306 e. The molecule has 3 atom stereocenters. The van der Waals surface area contributed by atoms with Crippen LogP contribution in [0.15, 0.2) is 0 Å². The molecular weight excluding hydrogens is 232 g/mol. The van der Waals surface area contributed by atoms with E-state index in [1.165, 1.54) is 51.6 Å². The molecule has 3 unspecified atom stereocenters. The zero-order valence-corrected chi connectivity index (χ0v) is 13.5. The van der Waals surface area contributed by atoms with Crippen LogP contribution in [0.5, 0.6) is 0 Å². The van der Waals surface area contributed by atoms with Crippen molar-refractivity contribution in [1.82, 2.24) is 4.90 Å². The van der Waals surface area contributed by atoms with Crippen LogP contribution in [0.25, 0.3) is 0 Å². The molecule has 2 fully saturated rings. The second-order valence-electron chi connectivity index (χ2n) is 7.90. The fourth-order valence-corrected chi connectivity index (χ4v) is 4.56. The molecule has 2 rings (SSSR count). The lowest BCUT2D eigenvalue weighted by atomic mass is 9.69. The third-order valence-corrected chi connectivity index (χ3v) is 5.71. The van der Waals surface area contributed by atoms with Gasteiger partial charge in [-0.1, -0.05) is 20.3 Å². The average Bonchev–Trinajstić information content (AvgIpc) is 2.37. The molecule has 0 spiro atoms. The second kappa shape index (κ2) is 6.13. The molecule has 19 heavy (non-hydrogen) atoms. The zero-order valence-electron chi connectivity index (χ0n) is 13.5. The highest BCUT2D eigenvalue weighted by Crippen LogP contribution is 2.38. The molecule has 112 valence electrons. The number of likely N-dealkylation sites (tertiary alicyclic amines) is 1. The van der Waals surface area contributed by atoms with Crippen molar-refractivity contribution in [3.8, 4) is 0 Å². The molecule has 1 saturated carbocycles. The highest BCUT2D eigenvalue weighted by molar-refractivity contribution is 4.97. The lowest BCUT2D eigenvalue weighted by Gasteiger charge is -2.49. The summed E-state index contributed by atoms with van der Waals surface area (Å²) in [5, 5.41) is 0. The Balaban J connectivity index is 2.01. The van der Waals surface area contributed by atoms with Gasteiger partial charge in [-0.05, 0) is 76.8 Å². The average molecular weight is 266 g/mol. The number of nitrogens with zero attached hydrogens (tertiary/aromatic N) is 1. The summed E-state index contributed by atoms with van der Waals surface area (Å²) in [5.41, 5.74) is 6.91. The van der Waals surface area contributed by atoms with E-state index < -0.39 is 0 Å². The zero-order chi connectivity index (χ0) is 14.0. The van der Waals surface area contributed by atoms with Crippen LogP contribution >= 0.6 is 0 Å². The largest absolute Gasteiger partial charge is 0.326 e. The van der Waals surface area contributed by atoms with Gasteiger partial charge in [0.15, 0.2) is 0 Å². The van der Waals surface area contributed by atoms with Gasteiger partial charge in [0.05, 0.1) is 0 Å². The molecule has 0 bridgehead atoms. The topological polar surface area (TPSA) is 29.3 Å². The van der Waals surface area contributed by atoms with Crippen molar-refractivity contribution in [3.05, 3.63) is 0 Å². The Kier molecular flexibility index (Phi) is 4.94. The van der Waals surface area contributed by atoms with Gasteiger partial charge < -0.3 is 5.73 Å². The standard InChI is InChI=1S/C17H34N2/c1-13-10-14(2)12-15(11-13)16(18)17(3,4)19-8-6-5-7-9-19/h13-16H,5-12,18H2,1-4H3. The summed E-state index contributed by atoms with van der Waals surface area (Å²) < 4.78 is 0. The van der Waals surface area contributed by atoms with E-state index in [2.05, 4.69) is 32.6 Å². The smallest absolute Gasteiger partial charge is 0.0306 e. The molecule has 0 aromatic heterocycles. The Hall–Kier alpha value is -0.0800. The highest BCUT2D eigenvalue weighted by Gasteiger charge is 2.40. The first kappa shape index (κ1) is 15.3. The van der Waals surface area contributed by atoms with E-state index in [0.29, 0.717) is 6.04 Å². The number of nitrogens with two attached hydrogens (primary N) is 1. The Morgan fingerprint density at radius 3 is 2.00 bits per heavy atom. The van der Waals surface area contributed by atoms with E-state index in [-0.39, 0.29) is 5.54 Å². The van der Waals surface area contributed by atoms with Crippen molar-refractivity contribution in [2.45, 2.75) is 77.8 Å². The summed E-state index contributed by atoms with van der Waals surface area (Å²) >= 11 is 0. The van der Waals surface area contributed by atoms with Gasteiger partial charge in [0.25, 0.3) is 0 Å². The van der Waals surface area contributed by atoms with Crippen LogP contribution in [0, 0.1) is 17.8 Å². The number of rotatable bonds is 3. The van der Waals surface area contributed by atoms with Crippen LogP contribution in [-0.4, -0.2) is 29.6 Å².